The first-order valence-electron chi connectivity index (χ1n) is 7.14. The molecule has 0 radical (unpaired) electrons. The van der Waals surface area contributed by atoms with Crippen LogP contribution in [0.3, 0.4) is 0 Å². The summed E-state index contributed by atoms with van der Waals surface area (Å²) in [6.07, 6.45) is 1.52. The van der Waals surface area contributed by atoms with Gasteiger partial charge in [0.05, 0.1) is 11.1 Å². The Morgan fingerprint density at radius 1 is 1.33 bits per heavy atom. The van der Waals surface area contributed by atoms with Crippen molar-refractivity contribution in [3.8, 4) is 11.8 Å². The van der Waals surface area contributed by atoms with Gasteiger partial charge in [0.2, 0.25) is 0 Å². The number of halogens is 2. The zero-order valence-corrected chi connectivity index (χ0v) is 15.2. The van der Waals surface area contributed by atoms with E-state index in [1.165, 1.54) is 6.08 Å². The fourth-order valence-corrected chi connectivity index (χ4v) is 2.56. The molecule has 1 amide bonds. The molecular weight excluding hydrogens is 392 g/mol. The zero-order chi connectivity index (χ0) is 17.5. The number of amides is 1. The highest BCUT2D eigenvalue weighted by Gasteiger charge is 2.10. The summed E-state index contributed by atoms with van der Waals surface area (Å²) in [5, 5.41) is 12.5. The highest BCUT2D eigenvalue weighted by Crippen LogP contribution is 2.27. The molecule has 0 aliphatic rings. The molecule has 122 valence electrons. The van der Waals surface area contributed by atoms with Gasteiger partial charge in [0.15, 0.2) is 0 Å². The summed E-state index contributed by atoms with van der Waals surface area (Å²) in [5.74, 6) is 0.226. The number of hydrogen-bond acceptors (Lipinski definition) is 3. The Hall–Kier alpha value is -2.29. The van der Waals surface area contributed by atoms with Gasteiger partial charge in [-0.1, -0.05) is 17.7 Å². The molecule has 0 atom stereocenters. The van der Waals surface area contributed by atoms with E-state index in [4.69, 9.17) is 16.3 Å². The van der Waals surface area contributed by atoms with Gasteiger partial charge in [-0.15, -0.1) is 0 Å². The van der Waals surface area contributed by atoms with E-state index >= 15 is 0 Å². The first kappa shape index (κ1) is 18.1. The van der Waals surface area contributed by atoms with Crippen LogP contribution >= 0.6 is 27.5 Å². The van der Waals surface area contributed by atoms with Crippen molar-refractivity contribution in [2.45, 2.75) is 6.92 Å². The second-order valence-corrected chi connectivity index (χ2v) is 6.04. The Morgan fingerprint density at radius 2 is 2.04 bits per heavy atom. The Morgan fingerprint density at radius 3 is 2.62 bits per heavy atom. The maximum Gasteiger partial charge on any atom is 0.266 e. The number of ether oxygens (including phenoxy) is 1. The lowest BCUT2D eigenvalue weighted by atomic mass is 10.1. The van der Waals surface area contributed by atoms with Gasteiger partial charge in [0.1, 0.15) is 17.4 Å². The molecule has 0 unspecified atom stereocenters. The number of benzene rings is 2. The standard InChI is InChI=1S/C18H14BrClN2O2/c1-2-24-17-8-3-12(10-16(17)19)9-13(11-21)18(23)22-15-6-4-14(20)5-7-15/h3-10H,2H2,1H3,(H,22,23)/b13-9-. The Kier molecular flexibility index (Phi) is 6.42. The molecule has 0 spiro atoms. The van der Waals surface area contributed by atoms with Crippen molar-refractivity contribution < 1.29 is 9.53 Å². The minimum atomic E-state index is -0.482. The predicted octanol–water partition coefficient (Wildman–Crippen LogP) is 5.05. The molecule has 0 heterocycles. The number of nitrogens with one attached hydrogen (secondary N) is 1. The van der Waals surface area contributed by atoms with Gasteiger partial charge in [0, 0.05) is 10.7 Å². The number of nitriles is 1. The Bertz CT molecular complexity index is 811. The molecule has 2 aromatic rings. The smallest absolute Gasteiger partial charge is 0.266 e. The molecule has 0 aromatic heterocycles. The average molecular weight is 406 g/mol. The molecule has 0 bridgehead atoms. The zero-order valence-electron chi connectivity index (χ0n) is 12.8. The summed E-state index contributed by atoms with van der Waals surface area (Å²) >= 11 is 9.21. The highest BCUT2D eigenvalue weighted by molar-refractivity contribution is 9.10. The molecule has 0 fully saturated rings. The lowest BCUT2D eigenvalue weighted by Crippen LogP contribution is -2.13. The van der Waals surface area contributed by atoms with Gasteiger partial charge in [-0.2, -0.15) is 5.26 Å². The van der Waals surface area contributed by atoms with Crippen LogP contribution in [-0.2, 0) is 4.79 Å². The van der Waals surface area contributed by atoms with Gasteiger partial charge in [-0.3, -0.25) is 4.79 Å². The molecule has 6 heteroatoms. The van der Waals surface area contributed by atoms with Crippen LogP contribution in [0.4, 0.5) is 5.69 Å². The second-order valence-electron chi connectivity index (χ2n) is 4.75. The van der Waals surface area contributed by atoms with Gasteiger partial charge >= 0.3 is 0 Å². The van der Waals surface area contributed by atoms with E-state index < -0.39 is 5.91 Å². The van der Waals surface area contributed by atoms with E-state index in [2.05, 4.69) is 21.2 Å². The quantitative estimate of drug-likeness (QED) is 0.559. The number of nitrogens with zero attached hydrogens (tertiary/aromatic N) is 1. The molecular formula is C18H14BrClN2O2. The third-order valence-electron chi connectivity index (χ3n) is 3.03. The topological polar surface area (TPSA) is 62.1 Å². The van der Waals surface area contributed by atoms with Crippen molar-refractivity contribution in [3.05, 3.63) is 63.1 Å². The van der Waals surface area contributed by atoms with Crippen LogP contribution in [0.5, 0.6) is 5.75 Å². The third kappa shape index (κ3) is 4.85. The summed E-state index contributed by atoms with van der Waals surface area (Å²) < 4.78 is 6.19. The molecule has 4 nitrogen and oxygen atoms in total. The van der Waals surface area contributed by atoms with E-state index in [0.717, 1.165) is 4.47 Å². The van der Waals surface area contributed by atoms with Gasteiger partial charge < -0.3 is 10.1 Å². The van der Waals surface area contributed by atoms with E-state index in [9.17, 15) is 10.1 Å². The van der Waals surface area contributed by atoms with Gasteiger partial charge in [0.25, 0.3) is 5.91 Å². The van der Waals surface area contributed by atoms with Crippen LogP contribution < -0.4 is 10.1 Å². The largest absolute Gasteiger partial charge is 0.493 e. The maximum absolute atomic E-state index is 12.2. The number of carbonyl (C=O) groups is 1. The van der Waals surface area contributed by atoms with E-state index in [-0.39, 0.29) is 5.57 Å². The minimum absolute atomic E-state index is 0.000935. The van der Waals surface area contributed by atoms with Crippen LogP contribution in [0.1, 0.15) is 12.5 Å². The van der Waals surface area contributed by atoms with E-state index in [1.807, 2.05) is 13.0 Å². The SMILES string of the molecule is CCOc1ccc(/C=C(/C#N)C(=O)Nc2ccc(Cl)cc2)cc1Br. The first-order chi connectivity index (χ1) is 11.5. The summed E-state index contributed by atoms with van der Waals surface area (Å²) in [6.45, 7) is 2.45. The Labute approximate surface area is 153 Å². The molecule has 0 aliphatic carbocycles. The molecule has 2 rings (SSSR count). The Balaban J connectivity index is 2.19. The summed E-state index contributed by atoms with van der Waals surface area (Å²) in [4.78, 5) is 12.2. The van der Waals surface area contributed by atoms with Gasteiger partial charge in [-0.05, 0) is 70.9 Å². The fourth-order valence-electron chi connectivity index (χ4n) is 1.93. The number of anilines is 1. The summed E-state index contributed by atoms with van der Waals surface area (Å²) in [5.41, 5.74) is 1.28. The van der Waals surface area contributed by atoms with Crippen LogP contribution in [0.15, 0.2) is 52.5 Å². The van der Waals surface area contributed by atoms with E-state index in [0.29, 0.717) is 28.6 Å². The van der Waals surface area contributed by atoms with Crippen molar-refractivity contribution in [1.82, 2.24) is 0 Å². The minimum Gasteiger partial charge on any atom is -0.493 e. The highest BCUT2D eigenvalue weighted by atomic mass is 79.9. The van der Waals surface area contributed by atoms with Crippen LogP contribution in [-0.4, -0.2) is 12.5 Å². The number of rotatable bonds is 5. The van der Waals surface area contributed by atoms with Crippen molar-refractivity contribution in [2.75, 3.05) is 11.9 Å². The lowest BCUT2D eigenvalue weighted by molar-refractivity contribution is -0.112. The number of hydrogen-bond donors (Lipinski definition) is 1. The molecule has 0 saturated carbocycles. The van der Waals surface area contributed by atoms with Crippen molar-refractivity contribution in [1.29, 1.82) is 5.26 Å². The molecule has 0 saturated heterocycles. The van der Waals surface area contributed by atoms with Crippen LogP contribution in [0, 0.1) is 11.3 Å². The number of carbonyl (C=O) groups excluding carboxylic acids is 1. The second kappa shape index (κ2) is 8.53. The monoisotopic (exact) mass is 404 g/mol. The fraction of sp³-hybridized carbons (Fsp3) is 0.111. The van der Waals surface area contributed by atoms with E-state index in [1.54, 1.807) is 42.5 Å². The maximum atomic E-state index is 12.2. The van der Waals surface area contributed by atoms with Crippen molar-refractivity contribution in [2.24, 2.45) is 0 Å². The lowest BCUT2D eigenvalue weighted by Gasteiger charge is -2.07. The summed E-state index contributed by atoms with van der Waals surface area (Å²) in [7, 11) is 0. The van der Waals surface area contributed by atoms with Crippen molar-refractivity contribution >= 4 is 45.2 Å². The van der Waals surface area contributed by atoms with Crippen LogP contribution in [0.2, 0.25) is 5.02 Å². The predicted molar refractivity (Wildman–Crippen MR) is 99.0 cm³/mol. The molecule has 0 aliphatic heterocycles. The third-order valence-corrected chi connectivity index (χ3v) is 3.91. The summed E-state index contributed by atoms with van der Waals surface area (Å²) in [6, 6.07) is 13.9. The van der Waals surface area contributed by atoms with Gasteiger partial charge in [-0.25, -0.2) is 0 Å². The molecule has 2 aromatic carbocycles. The molecule has 1 N–H and O–H groups in total. The normalized spacial score (nSPS) is 10.8. The molecule has 24 heavy (non-hydrogen) atoms. The average Bonchev–Trinajstić information content (AvgIpc) is 2.57. The first-order valence-corrected chi connectivity index (χ1v) is 8.31. The van der Waals surface area contributed by atoms with Crippen LogP contribution in [0.25, 0.3) is 6.08 Å². The van der Waals surface area contributed by atoms with Crippen molar-refractivity contribution in [3.63, 3.8) is 0 Å².